The van der Waals surface area contributed by atoms with Crippen molar-refractivity contribution in [2.45, 2.75) is 6.92 Å². The molecule has 0 amide bonds. The van der Waals surface area contributed by atoms with Gasteiger partial charge in [-0.2, -0.15) is 0 Å². The van der Waals surface area contributed by atoms with Crippen molar-refractivity contribution in [2.75, 3.05) is 0 Å². The third kappa shape index (κ3) is 2.18. The first-order chi connectivity index (χ1) is 9.24. The van der Waals surface area contributed by atoms with Crippen LogP contribution in [0.25, 0.3) is 17.1 Å². The molecule has 1 N–H and O–H groups in total. The maximum absolute atomic E-state index is 9.40. The second-order valence-corrected chi connectivity index (χ2v) is 4.24. The molecule has 1 heterocycles. The number of phenolic OH excluding ortho intramolecular Hbond substituents is 1. The molecule has 0 spiro atoms. The average molecular weight is 252 g/mol. The highest BCUT2D eigenvalue weighted by atomic mass is 16.3. The molecule has 0 bridgehead atoms. The van der Waals surface area contributed by atoms with Crippen molar-refractivity contribution in [3.8, 4) is 22.8 Å². The van der Waals surface area contributed by atoms with Crippen LogP contribution in [0.2, 0.25) is 0 Å². The van der Waals surface area contributed by atoms with E-state index >= 15 is 0 Å². The summed E-state index contributed by atoms with van der Waals surface area (Å²) in [6.07, 6.45) is 0. The van der Waals surface area contributed by atoms with E-state index in [1.54, 1.807) is 18.2 Å². The summed E-state index contributed by atoms with van der Waals surface area (Å²) < 4.78 is 0. The molecule has 5 heteroatoms. The normalized spacial score (nSPS) is 10.6. The van der Waals surface area contributed by atoms with Gasteiger partial charge in [-0.25, -0.2) is 0 Å². The SMILES string of the molecule is Cc1cc(O)ccc1-n1nnc(-c2ccccc2)n1. The second kappa shape index (κ2) is 4.53. The summed E-state index contributed by atoms with van der Waals surface area (Å²) >= 11 is 0. The van der Waals surface area contributed by atoms with Crippen LogP contribution in [0.15, 0.2) is 48.5 Å². The van der Waals surface area contributed by atoms with Crippen molar-refractivity contribution >= 4 is 0 Å². The van der Waals surface area contributed by atoms with Crippen LogP contribution >= 0.6 is 0 Å². The van der Waals surface area contributed by atoms with Crippen molar-refractivity contribution in [2.24, 2.45) is 0 Å². The van der Waals surface area contributed by atoms with Crippen molar-refractivity contribution in [3.05, 3.63) is 54.1 Å². The van der Waals surface area contributed by atoms with Crippen LogP contribution < -0.4 is 0 Å². The number of tetrazole rings is 1. The molecule has 0 saturated carbocycles. The molecule has 0 radical (unpaired) electrons. The van der Waals surface area contributed by atoms with Crippen LogP contribution in [-0.4, -0.2) is 25.3 Å². The Kier molecular flexibility index (Phi) is 2.72. The van der Waals surface area contributed by atoms with Crippen LogP contribution in [0.3, 0.4) is 0 Å². The third-order valence-electron chi connectivity index (χ3n) is 2.84. The molecule has 0 aliphatic rings. The second-order valence-electron chi connectivity index (χ2n) is 4.24. The highest BCUT2D eigenvalue weighted by molar-refractivity contribution is 5.53. The largest absolute Gasteiger partial charge is 0.508 e. The molecule has 0 aliphatic heterocycles. The maximum Gasteiger partial charge on any atom is 0.205 e. The van der Waals surface area contributed by atoms with Gasteiger partial charge < -0.3 is 5.11 Å². The number of hydrogen-bond acceptors (Lipinski definition) is 4. The lowest BCUT2D eigenvalue weighted by Crippen LogP contribution is -2.01. The van der Waals surface area contributed by atoms with Crippen LogP contribution in [-0.2, 0) is 0 Å². The Morgan fingerprint density at radius 1 is 1.05 bits per heavy atom. The van der Waals surface area contributed by atoms with Gasteiger partial charge in [0.1, 0.15) is 5.75 Å². The van der Waals surface area contributed by atoms with Crippen LogP contribution in [0.1, 0.15) is 5.56 Å². The monoisotopic (exact) mass is 252 g/mol. The first-order valence-corrected chi connectivity index (χ1v) is 5.89. The lowest BCUT2D eigenvalue weighted by molar-refractivity contribution is 0.474. The number of phenols is 1. The van der Waals surface area contributed by atoms with E-state index in [1.165, 1.54) is 4.80 Å². The van der Waals surface area contributed by atoms with Gasteiger partial charge in [0, 0.05) is 5.56 Å². The summed E-state index contributed by atoms with van der Waals surface area (Å²) in [7, 11) is 0. The van der Waals surface area contributed by atoms with E-state index in [2.05, 4.69) is 15.4 Å². The standard InChI is InChI=1S/C14H12N4O/c1-10-9-12(19)7-8-13(10)18-16-14(15-17-18)11-5-3-2-4-6-11/h2-9,19H,1H3. The van der Waals surface area contributed by atoms with E-state index in [4.69, 9.17) is 0 Å². The Hall–Kier alpha value is -2.69. The number of aromatic nitrogens is 4. The average Bonchev–Trinajstić information content (AvgIpc) is 2.89. The number of rotatable bonds is 2. The van der Waals surface area contributed by atoms with Gasteiger partial charge in [-0.1, -0.05) is 30.3 Å². The van der Waals surface area contributed by atoms with Gasteiger partial charge in [-0.15, -0.1) is 15.0 Å². The number of benzene rings is 2. The molecular formula is C14H12N4O. The first-order valence-electron chi connectivity index (χ1n) is 5.89. The topological polar surface area (TPSA) is 63.8 Å². The molecule has 2 aromatic carbocycles. The van der Waals surface area contributed by atoms with Crippen molar-refractivity contribution in [3.63, 3.8) is 0 Å². The van der Waals surface area contributed by atoms with E-state index in [9.17, 15) is 5.11 Å². The molecule has 0 unspecified atom stereocenters. The van der Waals surface area contributed by atoms with E-state index < -0.39 is 0 Å². The van der Waals surface area contributed by atoms with Crippen molar-refractivity contribution < 1.29 is 5.11 Å². The molecule has 0 atom stereocenters. The first kappa shape index (κ1) is 11.4. The summed E-state index contributed by atoms with van der Waals surface area (Å²) in [5, 5.41) is 21.8. The number of aromatic hydroxyl groups is 1. The minimum atomic E-state index is 0.227. The lowest BCUT2D eigenvalue weighted by Gasteiger charge is -2.03. The Morgan fingerprint density at radius 3 is 2.58 bits per heavy atom. The van der Waals surface area contributed by atoms with Crippen LogP contribution in [0, 0.1) is 6.92 Å². The fourth-order valence-corrected chi connectivity index (χ4v) is 1.88. The Balaban J connectivity index is 2.02. The summed E-state index contributed by atoms with van der Waals surface area (Å²) in [6, 6.07) is 14.7. The highest BCUT2D eigenvalue weighted by Gasteiger charge is 2.08. The molecule has 0 aliphatic carbocycles. The predicted molar refractivity (Wildman–Crippen MR) is 71.0 cm³/mol. The van der Waals surface area contributed by atoms with E-state index in [0.29, 0.717) is 5.82 Å². The third-order valence-corrected chi connectivity index (χ3v) is 2.84. The van der Waals surface area contributed by atoms with Crippen molar-refractivity contribution in [1.82, 2.24) is 20.2 Å². The number of aryl methyl sites for hydroxylation is 1. The van der Waals surface area contributed by atoms with Crippen LogP contribution in [0.5, 0.6) is 5.75 Å². The zero-order chi connectivity index (χ0) is 13.2. The van der Waals surface area contributed by atoms with Gasteiger partial charge in [0.15, 0.2) is 0 Å². The van der Waals surface area contributed by atoms with Gasteiger partial charge in [0.2, 0.25) is 5.82 Å². The molecule has 0 saturated heterocycles. The fourth-order valence-electron chi connectivity index (χ4n) is 1.88. The molecule has 3 rings (SSSR count). The molecular weight excluding hydrogens is 240 g/mol. The Morgan fingerprint density at radius 2 is 1.84 bits per heavy atom. The van der Waals surface area contributed by atoms with Gasteiger partial charge in [0.25, 0.3) is 0 Å². The molecule has 0 fully saturated rings. The fraction of sp³-hybridized carbons (Fsp3) is 0.0714. The quantitative estimate of drug-likeness (QED) is 0.760. The zero-order valence-electron chi connectivity index (χ0n) is 10.4. The van der Waals surface area contributed by atoms with Gasteiger partial charge >= 0.3 is 0 Å². The van der Waals surface area contributed by atoms with E-state index in [-0.39, 0.29) is 5.75 Å². The van der Waals surface area contributed by atoms with Gasteiger partial charge in [-0.3, -0.25) is 0 Å². The smallest absolute Gasteiger partial charge is 0.205 e. The minimum Gasteiger partial charge on any atom is -0.508 e. The molecule has 94 valence electrons. The highest BCUT2D eigenvalue weighted by Crippen LogP contribution is 2.19. The summed E-state index contributed by atoms with van der Waals surface area (Å²) in [5.74, 6) is 0.803. The van der Waals surface area contributed by atoms with Crippen LogP contribution in [0.4, 0.5) is 0 Å². The summed E-state index contributed by atoms with van der Waals surface area (Å²) in [5.41, 5.74) is 2.61. The summed E-state index contributed by atoms with van der Waals surface area (Å²) in [4.78, 5) is 1.47. The predicted octanol–water partition coefficient (Wildman–Crippen LogP) is 2.34. The minimum absolute atomic E-state index is 0.227. The Labute approximate surface area is 110 Å². The van der Waals surface area contributed by atoms with Gasteiger partial charge in [0.05, 0.1) is 5.69 Å². The zero-order valence-corrected chi connectivity index (χ0v) is 10.4. The molecule has 19 heavy (non-hydrogen) atoms. The van der Waals surface area contributed by atoms with E-state index in [1.807, 2.05) is 37.3 Å². The Bertz CT molecular complexity index is 706. The molecule has 5 nitrogen and oxygen atoms in total. The number of nitrogens with zero attached hydrogens (tertiary/aromatic N) is 4. The molecule has 3 aromatic rings. The van der Waals surface area contributed by atoms with Crippen molar-refractivity contribution in [1.29, 1.82) is 0 Å². The van der Waals surface area contributed by atoms with Gasteiger partial charge in [-0.05, 0) is 35.9 Å². The molecule has 1 aromatic heterocycles. The summed E-state index contributed by atoms with van der Waals surface area (Å²) in [6.45, 7) is 1.89. The van der Waals surface area contributed by atoms with E-state index in [0.717, 1.165) is 16.8 Å². The number of hydrogen-bond donors (Lipinski definition) is 1. The lowest BCUT2D eigenvalue weighted by atomic mass is 10.2. The maximum atomic E-state index is 9.40.